The van der Waals surface area contributed by atoms with Gasteiger partial charge in [0.25, 0.3) is 5.91 Å². The van der Waals surface area contributed by atoms with Crippen LogP contribution in [0.15, 0.2) is 30.0 Å². The summed E-state index contributed by atoms with van der Waals surface area (Å²) in [6, 6.07) is 8.51. The molecule has 0 bridgehead atoms. The third-order valence-corrected chi connectivity index (χ3v) is 5.60. The lowest BCUT2D eigenvalue weighted by atomic mass is 10.1. The zero-order valence-electron chi connectivity index (χ0n) is 17.3. The molecule has 2 unspecified atom stereocenters. The summed E-state index contributed by atoms with van der Waals surface area (Å²) in [4.78, 5) is 19.0. The van der Waals surface area contributed by atoms with Crippen LogP contribution in [0.3, 0.4) is 0 Å². The molecule has 0 N–H and O–H groups in total. The predicted molar refractivity (Wildman–Crippen MR) is 110 cm³/mol. The summed E-state index contributed by atoms with van der Waals surface area (Å²) < 4.78 is 5.69. The van der Waals surface area contributed by atoms with Crippen molar-refractivity contribution in [3.8, 4) is 6.07 Å². The molecule has 2 aliphatic heterocycles. The number of anilines is 1. The van der Waals surface area contributed by atoms with E-state index in [1.807, 2.05) is 13.8 Å². The van der Waals surface area contributed by atoms with Gasteiger partial charge in [-0.1, -0.05) is 12.1 Å². The molecule has 2 heterocycles. The highest BCUT2D eigenvalue weighted by Crippen LogP contribution is 2.24. The van der Waals surface area contributed by atoms with Gasteiger partial charge in [0.1, 0.15) is 11.6 Å². The maximum atomic E-state index is 12.8. The van der Waals surface area contributed by atoms with Crippen LogP contribution < -0.4 is 4.90 Å². The van der Waals surface area contributed by atoms with Crippen LogP contribution in [-0.2, 0) is 9.53 Å². The Bertz CT molecular complexity index is 780. The van der Waals surface area contributed by atoms with Gasteiger partial charge in [0.2, 0.25) is 0 Å². The molecule has 0 aromatic heterocycles. The Labute approximate surface area is 168 Å². The number of amides is 1. The van der Waals surface area contributed by atoms with Gasteiger partial charge in [-0.25, -0.2) is 0 Å². The summed E-state index contributed by atoms with van der Waals surface area (Å²) in [5.74, 6) is -0.193. The summed E-state index contributed by atoms with van der Waals surface area (Å²) >= 11 is 0. The van der Waals surface area contributed by atoms with Gasteiger partial charge >= 0.3 is 0 Å². The van der Waals surface area contributed by atoms with Crippen molar-refractivity contribution in [1.82, 2.24) is 9.80 Å². The van der Waals surface area contributed by atoms with E-state index in [-0.39, 0.29) is 23.7 Å². The maximum Gasteiger partial charge on any atom is 0.266 e. The van der Waals surface area contributed by atoms with Crippen LogP contribution in [0.5, 0.6) is 0 Å². The number of benzene rings is 1. The minimum absolute atomic E-state index is 0.00578. The molecule has 2 aliphatic rings. The molecule has 1 aromatic rings. The van der Waals surface area contributed by atoms with Crippen molar-refractivity contribution >= 4 is 11.6 Å². The first kappa shape index (κ1) is 20.2. The molecule has 1 aromatic carbocycles. The van der Waals surface area contributed by atoms with E-state index in [1.165, 1.54) is 16.8 Å². The number of carbonyl (C=O) groups is 1. The lowest BCUT2D eigenvalue weighted by molar-refractivity contribution is -0.138. The largest absolute Gasteiger partial charge is 0.373 e. The highest BCUT2D eigenvalue weighted by molar-refractivity contribution is 5.97. The molecule has 2 fully saturated rings. The minimum atomic E-state index is -0.193. The van der Waals surface area contributed by atoms with Crippen LogP contribution in [-0.4, -0.2) is 67.2 Å². The second-order valence-electron chi connectivity index (χ2n) is 7.86. The van der Waals surface area contributed by atoms with E-state index in [0.29, 0.717) is 13.1 Å². The number of hydrogen-bond acceptors (Lipinski definition) is 5. The first-order chi connectivity index (χ1) is 13.4. The molecule has 2 saturated heterocycles. The highest BCUT2D eigenvalue weighted by Gasteiger charge is 2.28. The van der Waals surface area contributed by atoms with Gasteiger partial charge in [0, 0.05) is 51.2 Å². The lowest BCUT2D eigenvalue weighted by Crippen LogP contribution is -2.49. The molecule has 150 valence electrons. The molecule has 2 atom stereocenters. The van der Waals surface area contributed by atoms with E-state index in [2.05, 4.69) is 47.9 Å². The molecule has 1 amide bonds. The number of nitrogens with zero attached hydrogens (tertiary/aromatic N) is 4. The standard InChI is InChI=1S/C22H30N4O2/c1-16-6-5-7-21(19(16)4)25-10-8-24(9-11-25)15-20(12-23)22(27)26-13-17(2)28-18(3)14-26/h5-7,15,17-18H,8-11,13-14H2,1-4H3/b20-15-. The summed E-state index contributed by atoms with van der Waals surface area (Å²) in [7, 11) is 0. The van der Waals surface area contributed by atoms with Crippen molar-refractivity contribution in [2.24, 2.45) is 0 Å². The van der Waals surface area contributed by atoms with E-state index in [1.54, 1.807) is 11.1 Å². The van der Waals surface area contributed by atoms with Gasteiger partial charge in [-0.2, -0.15) is 5.26 Å². The predicted octanol–water partition coefficient (Wildman–Crippen LogP) is 2.47. The van der Waals surface area contributed by atoms with Gasteiger partial charge in [-0.15, -0.1) is 0 Å². The molecule has 28 heavy (non-hydrogen) atoms. The van der Waals surface area contributed by atoms with E-state index < -0.39 is 0 Å². The lowest BCUT2D eigenvalue weighted by Gasteiger charge is -2.37. The summed E-state index contributed by atoms with van der Waals surface area (Å²) in [6.45, 7) is 12.6. The summed E-state index contributed by atoms with van der Waals surface area (Å²) in [5, 5.41) is 9.55. The molecule has 0 spiro atoms. The van der Waals surface area contributed by atoms with E-state index >= 15 is 0 Å². The number of piperazine rings is 1. The fourth-order valence-electron chi connectivity index (χ4n) is 4.00. The van der Waals surface area contributed by atoms with E-state index in [4.69, 9.17) is 4.74 Å². The summed E-state index contributed by atoms with van der Waals surface area (Å²) in [6.07, 6.45) is 1.73. The number of nitriles is 1. The zero-order valence-corrected chi connectivity index (χ0v) is 17.3. The Morgan fingerprint density at radius 3 is 2.39 bits per heavy atom. The Hall–Kier alpha value is -2.52. The second kappa shape index (κ2) is 8.66. The van der Waals surface area contributed by atoms with Crippen molar-refractivity contribution in [1.29, 1.82) is 5.26 Å². The average molecular weight is 383 g/mol. The zero-order chi connectivity index (χ0) is 20.3. The monoisotopic (exact) mass is 382 g/mol. The number of hydrogen-bond donors (Lipinski definition) is 0. The van der Waals surface area contributed by atoms with Gasteiger partial charge in [0.05, 0.1) is 12.2 Å². The van der Waals surface area contributed by atoms with Gasteiger partial charge in [-0.3, -0.25) is 4.79 Å². The van der Waals surface area contributed by atoms with Gasteiger partial charge < -0.3 is 19.4 Å². The molecular weight excluding hydrogens is 352 g/mol. The first-order valence-electron chi connectivity index (χ1n) is 10.0. The van der Waals surface area contributed by atoms with Crippen molar-refractivity contribution in [2.45, 2.75) is 39.9 Å². The van der Waals surface area contributed by atoms with Crippen molar-refractivity contribution < 1.29 is 9.53 Å². The van der Waals surface area contributed by atoms with Crippen LogP contribution in [0.25, 0.3) is 0 Å². The fourth-order valence-corrected chi connectivity index (χ4v) is 4.00. The third kappa shape index (κ3) is 4.48. The number of ether oxygens (including phenoxy) is 1. The summed E-state index contributed by atoms with van der Waals surface area (Å²) in [5.41, 5.74) is 4.10. The Morgan fingerprint density at radius 1 is 1.14 bits per heavy atom. The number of rotatable bonds is 3. The van der Waals surface area contributed by atoms with E-state index in [9.17, 15) is 10.1 Å². The Balaban J connectivity index is 1.64. The van der Waals surface area contributed by atoms with Gasteiger partial charge in [-0.05, 0) is 44.9 Å². The SMILES string of the molecule is Cc1cccc(N2CCN(/C=C(/C#N)C(=O)N3CC(C)OC(C)C3)CC2)c1C. The van der Waals surface area contributed by atoms with E-state index in [0.717, 1.165) is 26.2 Å². The minimum Gasteiger partial charge on any atom is -0.373 e. The number of morpholine rings is 1. The van der Waals surface area contributed by atoms with Crippen molar-refractivity contribution in [3.63, 3.8) is 0 Å². The fraction of sp³-hybridized carbons (Fsp3) is 0.545. The molecule has 6 nitrogen and oxygen atoms in total. The normalized spacial score (nSPS) is 23.5. The van der Waals surface area contributed by atoms with Crippen LogP contribution in [0.2, 0.25) is 0 Å². The van der Waals surface area contributed by atoms with Crippen LogP contribution >= 0.6 is 0 Å². The molecule has 3 rings (SSSR count). The van der Waals surface area contributed by atoms with Gasteiger partial charge in [0.15, 0.2) is 0 Å². The van der Waals surface area contributed by atoms with Crippen molar-refractivity contribution in [3.05, 3.63) is 41.1 Å². The molecule has 6 heteroatoms. The van der Waals surface area contributed by atoms with Crippen LogP contribution in [0.1, 0.15) is 25.0 Å². The topological polar surface area (TPSA) is 59.8 Å². The number of carbonyl (C=O) groups excluding carboxylic acids is 1. The van der Waals surface area contributed by atoms with Crippen LogP contribution in [0, 0.1) is 25.2 Å². The molecular formula is C22H30N4O2. The maximum absolute atomic E-state index is 12.8. The molecule has 0 saturated carbocycles. The average Bonchev–Trinajstić information content (AvgIpc) is 2.67. The quantitative estimate of drug-likeness (QED) is 0.594. The van der Waals surface area contributed by atoms with Crippen molar-refractivity contribution in [2.75, 3.05) is 44.2 Å². The Kier molecular flexibility index (Phi) is 6.25. The Morgan fingerprint density at radius 2 is 1.79 bits per heavy atom. The second-order valence-corrected chi connectivity index (χ2v) is 7.86. The first-order valence-corrected chi connectivity index (χ1v) is 10.0. The number of aryl methyl sites for hydroxylation is 1. The smallest absolute Gasteiger partial charge is 0.266 e. The molecule has 0 radical (unpaired) electrons. The third-order valence-electron chi connectivity index (χ3n) is 5.60. The highest BCUT2D eigenvalue weighted by atomic mass is 16.5. The molecule has 0 aliphatic carbocycles. The van der Waals surface area contributed by atoms with Crippen LogP contribution in [0.4, 0.5) is 5.69 Å².